The lowest BCUT2D eigenvalue weighted by Gasteiger charge is -2.18. The summed E-state index contributed by atoms with van der Waals surface area (Å²) < 4.78 is 1.25. The lowest BCUT2D eigenvalue weighted by atomic mass is 10.1. The van der Waals surface area contributed by atoms with E-state index in [1.807, 2.05) is 13.8 Å². The summed E-state index contributed by atoms with van der Waals surface area (Å²) in [6.45, 7) is 3.89. The third kappa shape index (κ3) is 3.01. The summed E-state index contributed by atoms with van der Waals surface area (Å²) in [7, 11) is 1.48. The highest BCUT2D eigenvalue weighted by Gasteiger charge is 2.23. The number of aromatic nitrogens is 1. The summed E-state index contributed by atoms with van der Waals surface area (Å²) in [6.07, 6.45) is 0. The molecule has 0 aliphatic rings. The predicted octanol–water partition coefficient (Wildman–Crippen LogP) is 1.93. The molecule has 0 fully saturated rings. The fraction of sp³-hybridized carbons (Fsp3) is 0.545. The van der Waals surface area contributed by atoms with E-state index in [0.29, 0.717) is 5.88 Å². The number of nitro groups is 1. The topological polar surface area (TPSA) is 77.2 Å². The zero-order valence-electron chi connectivity index (χ0n) is 10.5. The van der Waals surface area contributed by atoms with E-state index in [0.717, 1.165) is 0 Å². The maximum Gasteiger partial charge on any atom is 0.323 e. The maximum atomic E-state index is 12.0. The van der Waals surface area contributed by atoms with Gasteiger partial charge in [-0.2, -0.15) is 0 Å². The number of nitrogens with zero attached hydrogens (tertiary/aromatic N) is 2. The summed E-state index contributed by atoms with van der Waals surface area (Å²) in [4.78, 5) is 22.1. The van der Waals surface area contributed by atoms with Crippen LogP contribution >= 0.6 is 11.6 Å². The highest BCUT2D eigenvalue weighted by Crippen LogP contribution is 2.15. The molecule has 1 atom stereocenters. The quantitative estimate of drug-likeness (QED) is 0.506. The van der Waals surface area contributed by atoms with Gasteiger partial charge < -0.3 is 15.4 Å². The minimum absolute atomic E-state index is 0.118. The number of carbonyl (C=O) groups excluding carboxylic acids is 1. The van der Waals surface area contributed by atoms with Gasteiger partial charge in [0.2, 0.25) is 0 Å². The monoisotopic (exact) mass is 273 g/mol. The summed E-state index contributed by atoms with van der Waals surface area (Å²) in [5, 5.41) is 13.4. The molecule has 7 heteroatoms. The molecular weight excluding hydrogens is 258 g/mol. The van der Waals surface area contributed by atoms with Crippen LogP contribution in [0.1, 0.15) is 24.3 Å². The minimum atomic E-state index is -0.530. The van der Waals surface area contributed by atoms with Crippen molar-refractivity contribution in [1.29, 1.82) is 0 Å². The van der Waals surface area contributed by atoms with Gasteiger partial charge in [0.05, 0.1) is 7.05 Å². The number of rotatable bonds is 5. The fourth-order valence-corrected chi connectivity index (χ4v) is 1.97. The van der Waals surface area contributed by atoms with Crippen LogP contribution < -0.4 is 5.32 Å². The van der Waals surface area contributed by atoms with Gasteiger partial charge in [-0.15, -0.1) is 11.6 Å². The van der Waals surface area contributed by atoms with Crippen LogP contribution in [0, 0.1) is 16.0 Å². The van der Waals surface area contributed by atoms with Crippen LogP contribution in [0.15, 0.2) is 12.1 Å². The molecule has 0 saturated heterocycles. The Kier molecular flexibility index (Phi) is 4.72. The number of amides is 1. The van der Waals surface area contributed by atoms with E-state index in [4.69, 9.17) is 11.6 Å². The number of alkyl halides is 1. The number of hydrogen-bond acceptors (Lipinski definition) is 3. The van der Waals surface area contributed by atoms with Crippen LogP contribution in [0.25, 0.3) is 0 Å². The Morgan fingerprint density at radius 1 is 1.56 bits per heavy atom. The Balaban J connectivity index is 2.88. The van der Waals surface area contributed by atoms with Crippen LogP contribution in [-0.2, 0) is 7.05 Å². The molecule has 0 saturated carbocycles. The molecule has 18 heavy (non-hydrogen) atoms. The van der Waals surface area contributed by atoms with Crippen molar-refractivity contribution < 1.29 is 9.72 Å². The zero-order chi connectivity index (χ0) is 13.9. The number of hydrogen-bond donors (Lipinski definition) is 1. The normalized spacial score (nSPS) is 12.5. The minimum Gasteiger partial charge on any atom is -0.358 e. The van der Waals surface area contributed by atoms with Crippen molar-refractivity contribution in [1.82, 2.24) is 9.88 Å². The number of nitrogens with one attached hydrogen (secondary N) is 1. The van der Waals surface area contributed by atoms with Crippen LogP contribution in [0.2, 0.25) is 0 Å². The van der Waals surface area contributed by atoms with Gasteiger partial charge in [-0.1, -0.05) is 13.8 Å². The molecule has 1 aromatic rings. The van der Waals surface area contributed by atoms with E-state index < -0.39 is 4.92 Å². The molecule has 0 bridgehead atoms. The molecule has 0 radical (unpaired) electrons. The van der Waals surface area contributed by atoms with E-state index in [9.17, 15) is 14.9 Å². The molecule has 0 spiro atoms. The predicted molar refractivity (Wildman–Crippen MR) is 68.9 cm³/mol. The summed E-state index contributed by atoms with van der Waals surface area (Å²) in [5.74, 6) is 0.0226. The Labute approximate surface area is 110 Å². The van der Waals surface area contributed by atoms with E-state index in [1.54, 1.807) is 0 Å². The SMILES string of the molecule is CC(C)C(CCl)NC(=O)c1ccc([N+](=O)[O-])n1C. The third-order valence-corrected chi connectivity index (χ3v) is 3.13. The van der Waals surface area contributed by atoms with Gasteiger partial charge in [-0.05, 0) is 16.9 Å². The maximum absolute atomic E-state index is 12.0. The van der Waals surface area contributed by atoms with Crippen molar-refractivity contribution in [2.24, 2.45) is 13.0 Å². The average Bonchev–Trinajstić information content (AvgIpc) is 2.67. The standard InChI is InChI=1S/C11H16ClN3O3/c1-7(2)8(6-12)13-11(16)9-4-5-10(14(9)3)15(17)18/h4-5,7-8H,6H2,1-3H3,(H,13,16). The Bertz CT molecular complexity index is 456. The number of halogens is 1. The largest absolute Gasteiger partial charge is 0.358 e. The Morgan fingerprint density at radius 3 is 2.56 bits per heavy atom. The zero-order valence-corrected chi connectivity index (χ0v) is 11.3. The summed E-state index contributed by atoms with van der Waals surface area (Å²) in [6, 6.07) is 2.58. The van der Waals surface area contributed by atoms with E-state index in [1.165, 1.54) is 23.7 Å². The van der Waals surface area contributed by atoms with Crippen LogP contribution in [0.4, 0.5) is 5.82 Å². The second-order valence-corrected chi connectivity index (χ2v) is 4.68. The van der Waals surface area contributed by atoms with Crippen LogP contribution in [0.5, 0.6) is 0 Å². The van der Waals surface area contributed by atoms with Crippen LogP contribution in [0.3, 0.4) is 0 Å². The molecular formula is C11H16ClN3O3. The average molecular weight is 274 g/mol. The Morgan fingerprint density at radius 2 is 2.17 bits per heavy atom. The van der Waals surface area contributed by atoms with E-state index >= 15 is 0 Å². The van der Waals surface area contributed by atoms with Crippen molar-refractivity contribution in [2.45, 2.75) is 19.9 Å². The molecule has 1 N–H and O–H groups in total. The lowest BCUT2D eigenvalue weighted by Crippen LogP contribution is -2.40. The Hall–Kier alpha value is -1.56. The second-order valence-electron chi connectivity index (χ2n) is 4.37. The molecule has 6 nitrogen and oxygen atoms in total. The molecule has 0 aromatic carbocycles. The smallest absolute Gasteiger partial charge is 0.323 e. The first-order valence-electron chi connectivity index (χ1n) is 5.55. The van der Waals surface area contributed by atoms with Gasteiger partial charge in [0.1, 0.15) is 0 Å². The van der Waals surface area contributed by atoms with Gasteiger partial charge in [0.15, 0.2) is 5.69 Å². The highest BCUT2D eigenvalue weighted by atomic mass is 35.5. The molecule has 0 aliphatic heterocycles. The first kappa shape index (κ1) is 14.5. The molecule has 100 valence electrons. The van der Waals surface area contributed by atoms with E-state index in [2.05, 4.69) is 5.32 Å². The molecule has 1 aromatic heterocycles. The molecule has 1 unspecified atom stereocenters. The first-order valence-corrected chi connectivity index (χ1v) is 6.08. The highest BCUT2D eigenvalue weighted by molar-refractivity contribution is 6.18. The first-order chi connectivity index (χ1) is 8.38. The lowest BCUT2D eigenvalue weighted by molar-refractivity contribution is -0.391. The van der Waals surface area contributed by atoms with Crippen molar-refractivity contribution in [3.63, 3.8) is 0 Å². The third-order valence-electron chi connectivity index (χ3n) is 2.80. The molecule has 1 amide bonds. The number of carbonyl (C=O) groups is 1. The fourth-order valence-electron chi connectivity index (χ4n) is 1.54. The van der Waals surface area contributed by atoms with Gasteiger partial charge in [-0.25, -0.2) is 4.57 Å². The molecule has 1 heterocycles. The van der Waals surface area contributed by atoms with Gasteiger partial charge >= 0.3 is 5.82 Å². The van der Waals surface area contributed by atoms with Gasteiger partial charge in [0.25, 0.3) is 5.91 Å². The van der Waals surface area contributed by atoms with Crippen molar-refractivity contribution in [3.8, 4) is 0 Å². The van der Waals surface area contributed by atoms with E-state index in [-0.39, 0.29) is 29.4 Å². The van der Waals surface area contributed by atoms with Crippen molar-refractivity contribution in [3.05, 3.63) is 27.9 Å². The van der Waals surface area contributed by atoms with Gasteiger partial charge in [-0.3, -0.25) is 4.79 Å². The summed E-state index contributed by atoms with van der Waals surface area (Å²) >= 11 is 5.76. The van der Waals surface area contributed by atoms with Crippen molar-refractivity contribution in [2.75, 3.05) is 5.88 Å². The molecule has 0 aliphatic carbocycles. The van der Waals surface area contributed by atoms with Crippen LogP contribution in [-0.4, -0.2) is 27.3 Å². The molecule has 1 rings (SSSR count). The summed E-state index contributed by atoms with van der Waals surface area (Å²) in [5.41, 5.74) is 0.248. The second kappa shape index (κ2) is 5.86. The van der Waals surface area contributed by atoms with Crippen molar-refractivity contribution >= 4 is 23.3 Å². The van der Waals surface area contributed by atoms with Gasteiger partial charge in [0, 0.05) is 18.0 Å².